The van der Waals surface area contributed by atoms with Crippen LogP contribution < -0.4 is 0 Å². The average Bonchev–Trinajstić information content (AvgIpc) is 3.64. The topological polar surface area (TPSA) is 40.2 Å². The van der Waals surface area contributed by atoms with E-state index in [2.05, 4.69) is 67.4 Å². The molecule has 1 unspecified atom stereocenters. The molecule has 1 atom stereocenters. The molecule has 0 aromatic rings. The van der Waals surface area contributed by atoms with E-state index in [0.29, 0.717) is 20.2 Å². The van der Waals surface area contributed by atoms with Crippen molar-refractivity contribution in [2.45, 2.75) is 187 Å². The number of hydrogen-bond donors (Lipinski definition) is 0. The second-order valence-electron chi connectivity index (χ2n) is 14.4. The Balaban J connectivity index is 1.93. The van der Waals surface area contributed by atoms with Gasteiger partial charge < -0.3 is 23.8 Å². The van der Waals surface area contributed by atoms with Crippen molar-refractivity contribution >= 4 is 0 Å². The van der Waals surface area contributed by atoms with Crippen molar-refractivity contribution in [2.75, 3.05) is 53.0 Å². The monoisotopic (exact) mass is 702 g/mol. The van der Waals surface area contributed by atoms with Gasteiger partial charge in [-0.15, -0.1) is 0 Å². The van der Waals surface area contributed by atoms with Crippen LogP contribution in [0.2, 0.25) is 0 Å². The summed E-state index contributed by atoms with van der Waals surface area (Å²) in [4.78, 5) is 2.49. The molecule has 1 saturated heterocycles. The van der Waals surface area contributed by atoms with Crippen LogP contribution in [0, 0.1) is 0 Å². The van der Waals surface area contributed by atoms with E-state index in [4.69, 9.17) is 18.9 Å². The van der Waals surface area contributed by atoms with Crippen molar-refractivity contribution in [3.63, 3.8) is 0 Å². The highest BCUT2D eigenvalue weighted by Crippen LogP contribution is 2.12. The van der Waals surface area contributed by atoms with Gasteiger partial charge in [-0.2, -0.15) is 0 Å². The summed E-state index contributed by atoms with van der Waals surface area (Å²) in [6.45, 7) is 10.6. The number of unbranched alkanes of at least 4 members (excludes halogenated alkanes) is 18. The first kappa shape index (κ1) is 46.8. The molecule has 5 heteroatoms. The van der Waals surface area contributed by atoms with Crippen molar-refractivity contribution in [1.82, 2.24) is 4.90 Å². The van der Waals surface area contributed by atoms with Gasteiger partial charge in [0, 0.05) is 19.8 Å². The van der Waals surface area contributed by atoms with Gasteiger partial charge in [-0.25, -0.2) is 0 Å². The summed E-state index contributed by atoms with van der Waals surface area (Å²) < 4.78 is 23.6. The van der Waals surface area contributed by atoms with Crippen LogP contribution in [0.25, 0.3) is 0 Å². The number of likely N-dealkylation sites (tertiary alicyclic amines) is 1. The molecule has 0 bridgehead atoms. The maximum Gasteiger partial charge on any atom is 0.147 e. The van der Waals surface area contributed by atoms with E-state index in [-0.39, 0.29) is 6.10 Å². The number of nitrogens with zero attached hydrogens (tertiary/aromatic N) is 1. The molecule has 0 radical (unpaired) electrons. The fourth-order valence-electron chi connectivity index (χ4n) is 6.29. The largest absolute Gasteiger partial charge is 0.355 e. The lowest BCUT2D eigenvalue weighted by Crippen LogP contribution is -2.35. The van der Waals surface area contributed by atoms with Crippen molar-refractivity contribution in [2.24, 2.45) is 0 Å². The van der Waals surface area contributed by atoms with E-state index in [9.17, 15) is 0 Å². The van der Waals surface area contributed by atoms with Crippen LogP contribution >= 0.6 is 0 Å². The van der Waals surface area contributed by atoms with Gasteiger partial charge in [0.2, 0.25) is 0 Å². The molecule has 1 heterocycles. The second-order valence-corrected chi connectivity index (χ2v) is 14.4. The predicted octanol–water partition coefficient (Wildman–Crippen LogP) is 13.1. The molecule has 0 amide bonds. The van der Waals surface area contributed by atoms with Crippen molar-refractivity contribution in [3.05, 3.63) is 48.6 Å². The summed E-state index contributed by atoms with van der Waals surface area (Å²) in [5.74, 6) is 0. The molecule has 1 aliphatic heterocycles. The smallest absolute Gasteiger partial charge is 0.147 e. The van der Waals surface area contributed by atoms with Crippen LogP contribution in [-0.2, 0) is 18.9 Å². The highest BCUT2D eigenvalue weighted by atomic mass is 16.7. The lowest BCUT2D eigenvalue weighted by Gasteiger charge is -2.23. The summed E-state index contributed by atoms with van der Waals surface area (Å²) in [6, 6.07) is 0. The third kappa shape index (κ3) is 35.2. The molecular formula is C45H83NO4. The molecule has 0 aromatic heterocycles. The van der Waals surface area contributed by atoms with E-state index >= 15 is 0 Å². The molecule has 1 rings (SSSR count). The summed E-state index contributed by atoms with van der Waals surface area (Å²) in [7, 11) is 0. The van der Waals surface area contributed by atoms with Crippen LogP contribution in [0.5, 0.6) is 0 Å². The first-order valence-corrected chi connectivity index (χ1v) is 21.5. The second kappa shape index (κ2) is 40.5. The van der Waals surface area contributed by atoms with Crippen LogP contribution in [0.4, 0.5) is 0 Å². The normalized spacial score (nSPS) is 14.9. The van der Waals surface area contributed by atoms with Gasteiger partial charge in [0.15, 0.2) is 0 Å². The maximum absolute atomic E-state index is 6.11. The maximum atomic E-state index is 6.11. The summed E-state index contributed by atoms with van der Waals surface area (Å²) in [6.07, 6.45) is 51.6. The fraction of sp³-hybridized carbons (Fsp3) is 0.822. The number of hydrogen-bond acceptors (Lipinski definition) is 5. The van der Waals surface area contributed by atoms with Crippen LogP contribution in [-0.4, -0.2) is 64.0 Å². The third-order valence-electron chi connectivity index (χ3n) is 9.50. The van der Waals surface area contributed by atoms with E-state index in [1.165, 1.54) is 141 Å². The first-order chi connectivity index (χ1) is 24.9. The van der Waals surface area contributed by atoms with Gasteiger partial charge in [0.25, 0.3) is 0 Å². The van der Waals surface area contributed by atoms with E-state index in [0.717, 1.165) is 58.5 Å². The Kier molecular flexibility index (Phi) is 37.9. The Morgan fingerprint density at radius 2 is 0.880 bits per heavy atom. The molecule has 0 N–H and O–H groups in total. The molecule has 0 saturated carbocycles. The quantitative estimate of drug-likeness (QED) is 0.0362. The summed E-state index contributed by atoms with van der Waals surface area (Å²) >= 11 is 0. The highest BCUT2D eigenvalue weighted by molar-refractivity contribution is 4.93. The van der Waals surface area contributed by atoms with Crippen LogP contribution in [0.1, 0.15) is 181 Å². The van der Waals surface area contributed by atoms with Gasteiger partial charge >= 0.3 is 0 Å². The molecule has 292 valence electrons. The highest BCUT2D eigenvalue weighted by Gasteiger charge is 2.18. The van der Waals surface area contributed by atoms with Crippen molar-refractivity contribution in [3.8, 4) is 0 Å². The van der Waals surface area contributed by atoms with Crippen molar-refractivity contribution < 1.29 is 18.9 Å². The van der Waals surface area contributed by atoms with Crippen molar-refractivity contribution in [1.29, 1.82) is 0 Å². The lowest BCUT2D eigenvalue weighted by atomic mass is 10.1. The average molecular weight is 702 g/mol. The number of ether oxygens (including phenoxy) is 4. The summed E-state index contributed by atoms with van der Waals surface area (Å²) in [5.41, 5.74) is 0. The van der Waals surface area contributed by atoms with Crippen LogP contribution in [0.15, 0.2) is 48.6 Å². The van der Waals surface area contributed by atoms with E-state index < -0.39 is 0 Å². The fourth-order valence-corrected chi connectivity index (χ4v) is 6.29. The van der Waals surface area contributed by atoms with E-state index in [1.54, 1.807) is 0 Å². The number of rotatable bonds is 39. The van der Waals surface area contributed by atoms with Crippen LogP contribution in [0.3, 0.4) is 0 Å². The zero-order valence-corrected chi connectivity index (χ0v) is 33.3. The summed E-state index contributed by atoms with van der Waals surface area (Å²) in [5, 5.41) is 0. The zero-order chi connectivity index (χ0) is 35.7. The Hall–Kier alpha value is -1.24. The Morgan fingerprint density at radius 3 is 1.36 bits per heavy atom. The van der Waals surface area contributed by atoms with Gasteiger partial charge in [0.1, 0.15) is 13.6 Å². The molecular weight excluding hydrogens is 618 g/mol. The molecule has 0 aromatic carbocycles. The Bertz CT molecular complexity index is 773. The Morgan fingerprint density at radius 1 is 0.460 bits per heavy atom. The minimum absolute atomic E-state index is 0.0365. The Labute approximate surface area is 311 Å². The van der Waals surface area contributed by atoms with E-state index in [1.807, 2.05) is 0 Å². The van der Waals surface area contributed by atoms with Gasteiger partial charge in [-0.05, 0) is 103 Å². The molecule has 50 heavy (non-hydrogen) atoms. The lowest BCUT2D eigenvalue weighted by molar-refractivity contribution is -0.138. The predicted molar refractivity (Wildman–Crippen MR) is 217 cm³/mol. The third-order valence-corrected chi connectivity index (χ3v) is 9.50. The standard InChI is InChI=1S/C45H83NO4/c1-3-5-7-9-11-13-15-17-19-21-23-25-27-29-31-35-39-47-43-49-42-45(41-46-37-33-34-38-46)50-44-48-40-36-32-30-28-26-24-22-20-18-16-14-12-10-8-6-4-2/h11-14,17-20,45H,3-10,15-16,21-44H2,1-2H3/b13-11-,14-12-,19-17-,20-18-. The SMILES string of the molecule is CCCCC/C=C\C/C=C\CCCCCCCCOCOCC(CN1CCCC1)OCOCCCCCCCC/C=C\C/C=C\CCCCC. The number of allylic oxidation sites excluding steroid dienone is 8. The molecule has 1 fully saturated rings. The zero-order valence-electron chi connectivity index (χ0n) is 33.3. The first-order valence-electron chi connectivity index (χ1n) is 21.5. The minimum Gasteiger partial charge on any atom is -0.355 e. The van der Waals surface area contributed by atoms with Gasteiger partial charge in [-0.3, -0.25) is 0 Å². The minimum atomic E-state index is 0.0365. The molecule has 1 aliphatic rings. The molecule has 0 aliphatic carbocycles. The van der Waals surface area contributed by atoms with Gasteiger partial charge in [-0.1, -0.05) is 140 Å². The molecule has 5 nitrogen and oxygen atoms in total. The molecule has 0 spiro atoms. The van der Waals surface area contributed by atoms with Gasteiger partial charge in [0.05, 0.1) is 12.7 Å².